The summed E-state index contributed by atoms with van der Waals surface area (Å²) in [5.41, 5.74) is 2.03. The summed E-state index contributed by atoms with van der Waals surface area (Å²) in [6.45, 7) is 2.31. The second kappa shape index (κ2) is 5.32. The summed E-state index contributed by atoms with van der Waals surface area (Å²) in [6.07, 6.45) is 0. The van der Waals surface area contributed by atoms with Crippen LogP contribution in [0.4, 0.5) is 0 Å². The Morgan fingerprint density at radius 2 is 2.05 bits per heavy atom. The van der Waals surface area contributed by atoms with Gasteiger partial charge in [0, 0.05) is 5.39 Å². The molecular weight excluding hydrogens is 268 g/mol. The molecular formula is C17H14O4. The Morgan fingerprint density at radius 1 is 1.19 bits per heavy atom. The van der Waals surface area contributed by atoms with E-state index < -0.39 is 5.97 Å². The number of benzene rings is 2. The first-order chi connectivity index (χ1) is 10.1. The van der Waals surface area contributed by atoms with Crippen LogP contribution in [0.25, 0.3) is 11.0 Å². The second-order valence-corrected chi connectivity index (χ2v) is 4.88. The van der Waals surface area contributed by atoms with Crippen molar-refractivity contribution in [2.24, 2.45) is 0 Å². The van der Waals surface area contributed by atoms with E-state index in [4.69, 9.17) is 14.3 Å². The van der Waals surface area contributed by atoms with E-state index in [-0.39, 0.29) is 5.56 Å². The topological polar surface area (TPSA) is 59.7 Å². The van der Waals surface area contributed by atoms with Crippen LogP contribution in [0.2, 0.25) is 0 Å². The van der Waals surface area contributed by atoms with Crippen molar-refractivity contribution in [1.29, 1.82) is 0 Å². The van der Waals surface area contributed by atoms with Gasteiger partial charge in [-0.05, 0) is 48.9 Å². The fraction of sp³-hybridized carbons (Fsp3) is 0.118. The average Bonchev–Trinajstić information content (AvgIpc) is 2.87. The number of rotatable bonds is 4. The summed E-state index contributed by atoms with van der Waals surface area (Å²) in [5.74, 6) is 0.492. The molecule has 3 aromatic rings. The third-order valence-electron chi connectivity index (χ3n) is 3.18. The Balaban J connectivity index is 1.80. The standard InChI is InChI=1S/C17H14O4/c1-11-3-2-4-14(7-11)20-10-15-9-13-8-12(17(18)19)5-6-16(13)21-15/h2-9H,10H2,1H3,(H,18,19). The zero-order valence-electron chi connectivity index (χ0n) is 11.5. The maximum Gasteiger partial charge on any atom is 0.335 e. The lowest BCUT2D eigenvalue weighted by Gasteiger charge is -2.04. The van der Waals surface area contributed by atoms with Gasteiger partial charge in [0.15, 0.2) is 0 Å². The normalized spacial score (nSPS) is 10.7. The predicted octanol–water partition coefficient (Wildman–Crippen LogP) is 4.02. The van der Waals surface area contributed by atoms with Crippen LogP contribution >= 0.6 is 0 Å². The first kappa shape index (κ1) is 13.2. The molecule has 0 atom stereocenters. The van der Waals surface area contributed by atoms with Gasteiger partial charge in [0.25, 0.3) is 0 Å². The summed E-state index contributed by atoms with van der Waals surface area (Å²) in [4.78, 5) is 10.9. The molecule has 0 aliphatic heterocycles. The lowest BCUT2D eigenvalue weighted by molar-refractivity contribution is 0.0697. The van der Waals surface area contributed by atoms with Crippen LogP contribution in [0.1, 0.15) is 21.7 Å². The van der Waals surface area contributed by atoms with E-state index >= 15 is 0 Å². The highest BCUT2D eigenvalue weighted by Gasteiger charge is 2.08. The van der Waals surface area contributed by atoms with E-state index in [9.17, 15) is 4.79 Å². The van der Waals surface area contributed by atoms with Crippen molar-refractivity contribution in [1.82, 2.24) is 0 Å². The Hall–Kier alpha value is -2.75. The zero-order valence-corrected chi connectivity index (χ0v) is 11.5. The fourth-order valence-electron chi connectivity index (χ4n) is 2.16. The van der Waals surface area contributed by atoms with E-state index in [0.717, 1.165) is 16.7 Å². The van der Waals surface area contributed by atoms with Gasteiger partial charge in [0.1, 0.15) is 23.7 Å². The van der Waals surface area contributed by atoms with Crippen LogP contribution in [-0.4, -0.2) is 11.1 Å². The van der Waals surface area contributed by atoms with E-state index in [2.05, 4.69) is 0 Å². The highest BCUT2D eigenvalue weighted by Crippen LogP contribution is 2.22. The minimum absolute atomic E-state index is 0.245. The second-order valence-electron chi connectivity index (χ2n) is 4.88. The van der Waals surface area contributed by atoms with Crippen LogP contribution in [0.15, 0.2) is 52.9 Å². The Morgan fingerprint density at radius 3 is 2.81 bits per heavy atom. The van der Waals surface area contributed by atoms with Crippen molar-refractivity contribution in [3.05, 3.63) is 65.4 Å². The molecule has 0 aliphatic rings. The number of hydrogen-bond acceptors (Lipinski definition) is 3. The Bertz CT molecular complexity index is 801. The first-order valence-electron chi connectivity index (χ1n) is 6.57. The molecule has 0 fully saturated rings. The van der Waals surface area contributed by atoms with Crippen molar-refractivity contribution in [3.8, 4) is 5.75 Å². The molecule has 0 amide bonds. The Kier molecular flexibility index (Phi) is 3.36. The van der Waals surface area contributed by atoms with Crippen LogP contribution < -0.4 is 4.74 Å². The molecule has 0 aliphatic carbocycles. The van der Waals surface area contributed by atoms with Gasteiger partial charge in [0.05, 0.1) is 5.56 Å². The molecule has 0 saturated heterocycles. The van der Waals surface area contributed by atoms with Gasteiger partial charge in [0.2, 0.25) is 0 Å². The molecule has 21 heavy (non-hydrogen) atoms. The quantitative estimate of drug-likeness (QED) is 0.785. The highest BCUT2D eigenvalue weighted by molar-refractivity contribution is 5.93. The van der Waals surface area contributed by atoms with Gasteiger partial charge in [-0.2, -0.15) is 0 Å². The van der Waals surface area contributed by atoms with Crippen molar-refractivity contribution in [2.75, 3.05) is 0 Å². The molecule has 0 unspecified atom stereocenters. The molecule has 0 bridgehead atoms. The van der Waals surface area contributed by atoms with Crippen molar-refractivity contribution in [2.45, 2.75) is 13.5 Å². The number of carbonyl (C=O) groups is 1. The van der Waals surface area contributed by atoms with Gasteiger partial charge < -0.3 is 14.3 Å². The van der Waals surface area contributed by atoms with Gasteiger partial charge in [-0.1, -0.05) is 12.1 Å². The monoisotopic (exact) mass is 282 g/mol. The lowest BCUT2D eigenvalue weighted by Crippen LogP contribution is -1.94. The SMILES string of the molecule is Cc1cccc(OCc2cc3cc(C(=O)O)ccc3o2)c1. The number of carboxylic acids is 1. The number of hydrogen-bond donors (Lipinski definition) is 1. The fourth-order valence-corrected chi connectivity index (χ4v) is 2.16. The zero-order chi connectivity index (χ0) is 14.8. The molecule has 0 radical (unpaired) electrons. The summed E-state index contributed by atoms with van der Waals surface area (Å²) in [6, 6.07) is 14.4. The highest BCUT2D eigenvalue weighted by atomic mass is 16.5. The number of furan rings is 1. The molecule has 2 aromatic carbocycles. The van der Waals surface area contributed by atoms with Gasteiger partial charge >= 0.3 is 5.97 Å². The maximum atomic E-state index is 10.9. The molecule has 4 heteroatoms. The van der Waals surface area contributed by atoms with Crippen LogP contribution in [-0.2, 0) is 6.61 Å². The summed E-state index contributed by atoms with van der Waals surface area (Å²) < 4.78 is 11.3. The van der Waals surface area contributed by atoms with Crippen LogP contribution in [0, 0.1) is 6.92 Å². The predicted molar refractivity (Wildman–Crippen MR) is 78.7 cm³/mol. The van der Waals surface area contributed by atoms with E-state index in [1.54, 1.807) is 18.2 Å². The number of ether oxygens (including phenoxy) is 1. The number of fused-ring (bicyclic) bond motifs is 1. The first-order valence-corrected chi connectivity index (χ1v) is 6.57. The van der Waals surface area contributed by atoms with Crippen molar-refractivity contribution < 1.29 is 19.1 Å². The number of aromatic carboxylic acids is 1. The average molecular weight is 282 g/mol. The van der Waals surface area contributed by atoms with Crippen molar-refractivity contribution >= 4 is 16.9 Å². The maximum absolute atomic E-state index is 10.9. The summed E-state index contributed by atoms with van der Waals surface area (Å²) >= 11 is 0. The molecule has 4 nitrogen and oxygen atoms in total. The third kappa shape index (κ3) is 2.89. The third-order valence-corrected chi connectivity index (χ3v) is 3.18. The number of aryl methyl sites for hydroxylation is 1. The molecule has 3 rings (SSSR count). The molecule has 1 heterocycles. The van der Waals surface area contributed by atoms with Crippen LogP contribution in [0.3, 0.4) is 0 Å². The Labute approximate surface area is 121 Å². The molecule has 0 saturated carbocycles. The minimum atomic E-state index is -0.948. The van der Waals surface area contributed by atoms with Crippen molar-refractivity contribution in [3.63, 3.8) is 0 Å². The van der Waals surface area contributed by atoms with E-state index in [0.29, 0.717) is 18.0 Å². The van der Waals surface area contributed by atoms with Gasteiger partial charge in [-0.15, -0.1) is 0 Å². The minimum Gasteiger partial charge on any atom is -0.486 e. The largest absolute Gasteiger partial charge is 0.486 e. The number of carboxylic acid groups (broad SMARTS) is 1. The lowest BCUT2D eigenvalue weighted by atomic mass is 10.1. The summed E-state index contributed by atoms with van der Waals surface area (Å²) in [7, 11) is 0. The van der Waals surface area contributed by atoms with Gasteiger partial charge in [-0.3, -0.25) is 0 Å². The van der Waals surface area contributed by atoms with E-state index in [1.165, 1.54) is 6.07 Å². The summed E-state index contributed by atoms with van der Waals surface area (Å²) in [5, 5.41) is 9.74. The molecule has 1 aromatic heterocycles. The molecule has 106 valence electrons. The molecule has 1 N–H and O–H groups in total. The van der Waals surface area contributed by atoms with Gasteiger partial charge in [-0.25, -0.2) is 4.79 Å². The smallest absolute Gasteiger partial charge is 0.335 e. The molecule has 0 spiro atoms. The van der Waals surface area contributed by atoms with Crippen LogP contribution in [0.5, 0.6) is 5.75 Å². The van der Waals surface area contributed by atoms with E-state index in [1.807, 2.05) is 31.2 Å².